The van der Waals surface area contributed by atoms with E-state index < -0.39 is 5.97 Å². The number of amides is 1. The third-order valence-corrected chi connectivity index (χ3v) is 6.52. The van der Waals surface area contributed by atoms with Crippen molar-refractivity contribution in [2.24, 2.45) is 5.92 Å². The average Bonchev–Trinajstić information content (AvgIpc) is 3.40. The molecule has 0 atom stereocenters. The van der Waals surface area contributed by atoms with Crippen molar-refractivity contribution in [2.45, 2.75) is 31.6 Å². The van der Waals surface area contributed by atoms with E-state index >= 15 is 0 Å². The van der Waals surface area contributed by atoms with Crippen LogP contribution in [0.5, 0.6) is 0 Å². The predicted molar refractivity (Wildman–Crippen MR) is 132 cm³/mol. The molecule has 5 rings (SSSR count). The summed E-state index contributed by atoms with van der Waals surface area (Å²) in [7, 11) is 0. The van der Waals surface area contributed by atoms with E-state index in [4.69, 9.17) is 9.63 Å². The normalized spacial score (nSPS) is 17.6. The van der Waals surface area contributed by atoms with Gasteiger partial charge in [-0.3, -0.25) is 9.59 Å². The molecule has 0 spiro atoms. The van der Waals surface area contributed by atoms with E-state index in [1.165, 1.54) is 0 Å². The number of aliphatic carboxylic acids is 1. The highest BCUT2D eigenvalue weighted by Gasteiger charge is 2.29. The van der Waals surface area contributed by atoms with Crippen LogP contribution in [0.1, 0.15) is 47.8 Å². The summed E-state index contributed by atoms with van der Waals surface area (Å²) in [5.41, 5.74) is 4.21. The summed E-state index contributed by atoms with van der Waals surface area (Å²) in [6.07, 6.45) is 2.70. The molecule has 7 heteroatoms. The molecule has 0 radical (unpaired) electrons. The molecule has 0 saturated heterocycles. The molecule has 1 saturated carbocycles. The Morgan fingerprint density at radius 2 is 1.43 bits per heavy atom. The molecule has 1 amide bonds. The van der Waals surface area contributed by atoms with E-state index in [0.29, 0.717) is 30.1 Å². The highest BCUT2D eigenvalue weighted by Crippen LogP contribution is 2.35. The third-order valence-electron chi connectivity index (χ3n) is 6.52. The van der Waals surface area contributed by atoms with Crippen LogP contribution in [0.25, 0.3) is 22.5 Å². The Hall–Kier alpha value is -4.26. The molecule has 1 aliphatic carbocycles. The van der Waals surface area contributed by atoms with Crippen molar-refractivity contribution in [1.29, 1.82) is 0 Å². The molecule has 35 heavy (non-hydrogen) atoms. The number of carboxylic acids is 1. The summed E-state index contributed by atoms with van der Waals surface area (Å²) in [5, 5.41) is 16.2. The van der Waals surface area contributed by atoms with Crippen LogP contribution in [-0.2, 0) is 4.79 Å². The van der Waals surface area contributed by atoms with E-state index in [1.807, 2.05) is 54.6 Å². The second kappa shape index (κ2) is 9.93. The first-order chi connectivity index (χ1) is 17.1. The van der Waals surface area contributed by atoms with Gasteiger partial charge in [-0.15, -0.1) is 0 Å². The molecule has 4 aromatic rings. The Kier molecular flexibility index (Phi) is 6.39. The highest BCUT2D eigenvalue weighted by atomic mass is 16.5. The quantitative estimate of drug-likeness (QED) is 0.360. The lowest BCUT2D eigenvalue weighted by atomic mass is 9.82. The predicted octanol–water partition coefficient (Wildman–Crippen LogP) is 6.01. The molecule has 0 aliphatic heterocycles. The van der Waals surface area contributed by atoms with Gasteiger partial charge in [0.05, 0.1) is 5.92 Å². The van der Waals surface area contributed by atoms with Crippen LogP contribution in [0.4, 0.5) is 5.69 Å². The van der Waals surface area contributed by atoms with Gasteiger partial charge in [0.2, 0.25) is 11.7 Å². The van der Waals surface area contributed by atoms with Gasteiger partial charge in [-0.25, -0.2) is 0 Å². The Bertz CT molecular complexity index is 1310. The van der Waals surface area contributed by atoms with Crippen molar-refractivity contribution in [3.05, 3.63) is 90.3 Å². The van der Waals surface area contributed by atoms with Gasteiger partial charge < -0.3 is 14.9 Å². The first-order valence-corrected chi connectivity index (χ1v) is 11.7. The Morgan fingerprint density at radius 3 is 2.09 bits per heavy atom. The van der Waals surface area contributed by atoms with E-state index in [2.05, 4.69) is 15.5 Å². The minimum Gasteiger partial charge on any atom is -0.481 e. The maximum Gasteiger partial charge on any atom is 0.306 e. The van der Waals surface area contributed by atoms with Crippen molar-refractivity contribution in [3.63, 3.8) is 0 Å². The van der Waals surface area contributed by atoms with Gasteiger partial charge in [-0.2, -0.15) is 4.98 Å². The number of carboxylic acid groups (broad SMARTS) is 1. The van der Waals surface area contributed by atoms with E-state index in [-0.39, 0.29) is 17.7 Å². The first kappa shape index (κ1) is 22.5. The van der Waals surface area contributed by atoms with Gasteiger partial charge in [0.25, 0.3) is 5.91 Å². The number of aromatic nitrogens is 2. The van der Waals surface area contributed by atoms with Crippen molar-refractivity contribution in [3.8, 4) is 22.5 Å². The summed E-state index contributed by atoms with van der Waals surface area (Å²) in [4.78, 5) is 28.4. The first-order valence-electron chi connectivity index (χ1n) is 11.7. The van der Waals surface area contributed by atoms with Crippen molar-refractivity contribution in [2.75, 3.05) is 5.32 Å². The van der Waals surface area contributed by atoms with Crippen LogP contribution in [-0.4, -0.2) is 27.1 Å². The number of benzene rings is 3. The fraction of sp³-hybridized carbons (Fsp3) is 0.214. The molecule has 0 unspecified atom stereocenters. The zero-order valence-electron chi connectivity index (χ0n) is 19.1. The monoisotopic (exact) mass is 467 g/mol. The number of carbonyl (C=O) groups excluding carboxylic acids is 1. The molecule has 1 aromatic heterocycles. The molecule has 176 valence electrons. The van der Waals surface area contributed by atoms with Crippen LogP contribution in [0, 0.1) is 5.92 Å². The lowest BCUT2D eigenvalue weighted by Gasteiger charge is -2.23. The second-order valence-electron chi connectivity index (χ2n) is 8.82. The maximum absolute atomic E-state index is 12.7. The number of hydrogen-bond donors (Lipinski definition) is 2. The lowest BCUT2D eigenvalue weighted by Crippen LogP contribution is -2.20. The second-order valence-corrected chi connectivity index (χ2v) is 8.82. The van der Waals surface area contributed by atoms with E-state index in [1.54, 1.807) is 24.3 Å². The molecule has 1 fully saturated rings. The SMILES string of the molecule is O=C(Nc1ccc(-c2ccccc2)cc1)c1ccc(-c2noc(C3CCC(C(=O)O)CC3)n2)cc1. The summed E-state index contributed by atoms with van der Waals surface area (Å²) in [6.45, 7) is 0. The summed E-state index contributed by atoms with van der Waals surface area (Å²) in [5.74, 6) is -0.122. The van der Waals surface area contributed by atoms with Crippen LogP contribution in [0.3, 0.4) is 0 Å². The lowest BCUT2D eigenvalue weighted by molar-refractivity contribution is -0.142. The summed E-state index contributed by atoms with van der Waals surface area (Å²) < 4.78 is 5.46. The zero-order valence-corrected chi connectivity index (χ0v) is 19.1. The molecule has 1 aliphatic rings. The number of rotatable bonds is 6. The van der Waals surface area contributed by atoms with Gasteiger partial charge in [0.15, 0.2) is 0 Å². The average molecular weight is 468 g/mol. The van der Waals surface area contributed by atoms with Gasteiger partial charge in [-0.1, -0.05) is 59.8 Å². The van der Waals surface area contributed by atoms with E-state index in [0.717, 1.165) is 35.2 Å². The number of nitrogens with one attached hydrogen (secondary N) is 1. The van der Waals surface area contributed by atoms with Gasteiger partial charge in [-0.05, 0) is 61.1 Å². The fourth-order valence-electron chi connectivity index (χ4n) is 4.46. The number of anilines is 1. The number of nitrogens with zero attached hydrogens (tertiary/aromatic N) is 2. The Balaban J connectivity index is 1.21. The molecule has 0 bridgehead atoms. The van der Waals surface area contributed by atoms with Crippen molar-refractivity contribution < 1.29 is 19.2 Å². The molecular weight excluding hydrogens is 442 g/mol. The largest absolute Gasteiger partial charge is 0.481 e. The smallest absolute Gasteiger partial charge is 0.306 e. The van der Waals surface area contributed by atoms with Crippen LogP contribution in [0.15, 0.2) is 83.4 Å². The minimum atomic E-state index is -0.733. The van der Waals surface area contributed by atoms with Gasteiger partial charge in [0.1, 0.15) is 0 Å². The molecular formula is C28H25N3O4. The van der Waals surface area contributed by atoms with Crippen molar-refractivity contribution in [1.82, 2.24) is 10.1 Å². The van der Waals surface area contributed by atoms with Crippen LogP contribution >= 0.6 is 0 Å². The standard InChI is InChI=1S/C28H25N3O4/c32-26(29-24-16-14-19(15-17-24)18-4-2-1-3-5-18)21-8-6-20(7-9-21)25-30-27(35-31-25)22-10-12-23(13-11-22)28(33)34/h1-9,14-17,22-23H,10-13H2,(H,29,32)(H,33,34). The number of hydrogen-bond acceptors (Lipinski definition) is 5. The van der Waals surface area contributed by atoms with Crippen LogP contribution in [0.2, 0.25) is 0 Å². The topological polar surface area (TPSA) is 105 Å². The maximum atomic E-state index is 12.7. The fourth-order valence-corrected chi connectivity index (χ4v) is 4.46. The molecule has 2 N–H and O–H groups in total. The van der Waals surface area contributed by atoms with Crippen molar-refractivity contribution >= 4 is 17.6 Å². The Labute approximate surface area is 202 Å². The highest BCUT2D eigenvalue weighted by molar-refractivity contribution is 6.04. The molecule has 7 nitrogen and oxygen atoms in total. The molecule has 3 aromatic carbocycles. The van der Waals surface area contributed by atoms with Crippen LogP contribution < -0.4 is 5.32 Å². The third kappa shape index (κ3) is 5.14. The Morgan fingerprint density at radius 1 is 0.800 bits per heavy atom. The summed E-state index contributed by atoms with van der Waals surface area (Å²) in [6, 6.07) is 24.9. The zero-order chi connectivity index (χ0) is 24.2. The van der Waals surface area contributed by atoms with Gasteiger partial charge in [0, 0.05) is 22.7 Å². The van der Waals surface area contributed by atoms with E-state index in [9.17, 15) is 9.59 Å². The van der Waals surface area contributed by atoms with Gasteiger partial charge >= 0.3 is 5.97 Å². The minimum absolute atomic E-state index is 0.0881. The molecule has 1 heterocycles. The number of carbonyl (C=O) groups is 2. The summed E-state index contributed by atoms with van der Waals surface area (Å²) >= 11 is 0.